The zero-order valence-electron chi connectivity index (χ0n) is 14.5. The van der Waals surface area contributed by atoms with E-state index in [9.17, 15) is 4.79 Å². The maximum Gasteiger partial charge on any atom is 0.220 e. The Kier molecular flexibility index (Phi) is 5.54. The minimum Gasteiger partial charge on any atom is -0.350 e. The number of hydrogen-bond acceptors (Lipinski definition) is 2. The lowest BCUT2D eigenvalue weighted by atomic mass is 9.86. The summed E-state index contributed by atoms with van der Waals surface area (Å²) in [5, 5.41) is 3.07. The smallest absolute Gasteiger partial charge is 0.220 e. The van der Waals surface area contributed by atoms with Crippen LogP contribution < -0.4 is 5.32 Å². The van der Waals surface area contributed by atoms with Crippen molar-refractivity contribution in [3.8, 4) is 0 Å². The number of pyridine rings is 1. The van der Waals surface area contributed by atoms with Gasteiger partial charge < -0.3 is 5.32 Å². The molecule has 0 aliphatic heterocycles. The lowest BCUT2D eigenvalue weighted by molar-refractivity contribution is -0.121. The molecule has 2 aromatic rings. The number of aromatic nitrogens is 1. The molecule has 1 atom stereocenters. The fraction of sp³-hybridized carbons (Fsp3) is 0.400. The Bertz CT molecular complexity index is 627. The molecular weight excluding hydrogens is 284 g/mol. The highest BCUT2D eigenvalue weighted by molar-refractivity contribution is 5.76. The van der Waals surface area contributed by atoms with E-state index in [2.05, 4.69) is 55.3 Å². The monoisotopic (exact) mass is 310 g/mol. The Balaban J connectivity index is 1.88. The molecule has 3 nitrogen and oxygen atoms in total. The maximum atomic E-state index is 12.1. The van der Waals surface area contributed by atoms with E-state index in [1.54, 1.807) is 12.4 Å². The van der Waals surface area contributed by atoms with Crippen LogP contribution in [-0.2, 0) is 16.6 Å². The quantitative estimate of drug-likeness (QED) is 0.899. The normalized spacial score (nSPS) is 12.7. The number of carbonyl (C=O) groups is 1. The second-order valence-electron chi connectivity index (χ2n) is 7.02. The van der Waals surface area contributed by atoms with Gasteiger partial charge in [-0.05, 0) is 47.6 Å². The Morgan fingerprint density at radius 1 is 1.09 bits per heavy atom. The molecule has 0 spiro atoms. The van der Waals surface area contributed by atoms with Gasteiger partial charge in [0.15, 0.2) is 0 Å². The van der Waals surface area contributed by atoms with Crippen molar-refractivity contribution in [3.63, 3.8) is 0 Å². The average Bonchev–Trinajstić information content (AvgIpc) is 2.53. The Hall–Kier alpha value is -2.16. The van der Waals surface area contributed by atoms with Gasteiger partial charge in [0.2, 0.25) is 5.91 Å². The molecule has 122 valence electrons. The van der Waals surface area contributed by atoms with Gasteiger partial charge in [-0.15, -0.1) is 0 Å². The molecule has 1 amide bonds. The number of amides is 1. The lowest BCUT2D eigenvalue weighted by Crippen LogP contribution is -2.26. The molecule has 0 saturated heterocycles. The first-order chi connectivity index (χ1) is 10.9. The fourth-order valence-electron chi connectivity index (χ4n) is 2.48. The highest BCUT2D eigenvalue weighted by atomic mass is 16.1. The highest BCUT2D eigenvalue weighted by Crippen LogP contribution is 2.23. The van der Waals surface area contributed by atoms with E-state index in [1.165, 1.54) is 5.56 Å². The second-order valence-corrected chi connectivity index (χ2v) is 7.02. The molecule has 2 rings (SSSR count). The molecule has 0 fully saturated rings. The highest BCUT2D eigenvalue weighted by Gasteiger charge is 2.14. The van der Waals surface area contributed by atoms with Gasteiger partial charge in [0.05, 0.1) is 6.04 Å². The minimum absolute atomic E-state index is 0.0222. The molecule has 3 heteroatoms. The number of carbonyl (C=O) groups excluding carboxylic acids is 1. The largest absolute Gasteiger partial charge is 0.350 e. The van der Waals surface area contributed by atoms with Crippen molar-refractivity contribution in [2.45, 2.75) is 52.0 Å². The first kappa shape index (κ1) is 17.2. The summed E-state index contributed by atoms with van der Waals surface area (Å²) in [4.78, 5) is 16.1. The van der Waals surface area contributed by atoms with Crippen molar-refractivity contribution in [1.82, 2.24) is 10.3 Å². The summed E-state index contributed by atoms with van der Waals surface area (Å²) in [6, 6.07) is 12.4. The van der Waals surface area contributed by atoms with Crippen molar-refractivity contribution in [1.29, 1.82) is 0 Å². The molecule has 0 saturated carbocycles. The predicted octanol–water partition coefficient (Wildman–Crippen LogP) is 4.19. The van der Waals surface area contributed by atoms with Gasteiger partial charge in [0.1, 0.15) is 0 Å². The van der Waals surface area contributed by atoms with E-state index in [4.69, 9.17) is 0 Å². The van der Waals surface area contributed by atoms with Crippen LogP contribution >= 0.6 is 0 Å². The molecule has 1 aromatic carbocycles. The van der Waals surface area contributed by atoms with E-state index in [-0.39, 0.29) is 17.4 Å². The molecule has 1 aromatic heterocycles. The van der Waals surface area contributed by atoms with Gasteiger partial charge in [-0.2, -0.15) is 0 Å². The molecule has 1 heterocycles. The van der Waals surface area contributed by atoms with Gasteiger partial charge in [-0.1, -0.05) is 45.0 Å². The molecule has 23 heavy (non-hydrogen) atoms. The number of nitrogens with zero attached hydrogens (tertiary/aromatic N) is 1. The first-order valence-electron chi connectivity index (χ1n) is 8.15. The summed E-state index contributed by atoms with van der Waals surface area (Å²) in [6.07, 6.45) is 4.75. The van der Waals surface area contributed by atoms with Crippen molar-refractivity contribution in [3.05, 3.63) is 65.5 Å². The standard InChI is InChI=1S/C20H26N2O/c1-15(17-6-8-18(9-7-17)20(2,3)4)22-19(23)10-5-16-11-13-21-14-12-16/h6-9,11-15H,5,10H2,1-4H3,(H,22,23). The van der Waals surface area contributed by atoms with Crippen LogP contribution in [0.1, 0.15) is 56.8 Å². The molecule has 0 bridgehead atoms. The number of rotatable bonds is 5. The minimum atomic E-state index is 0.0222. The molecule has 0 radical (unpaired) electrons. The molecular formula is C20H26N2O. The zero-order valence-corrected chi connectivity index (χ0v) is 14.5. The number of benzene rings is 1. The van der Waals surface area contributed by atoms with Crippen molar-refractivity contribution >= 4 is 5.91 Å². The Morgan fingerprint density at radius 3 is 2.26 bits per heavy atom. The summed E-state index contributed by atoms with van der Waals surface area (Å²) < 4.78 is 0. The van der Waals surface area contributed by atoms with Crippen LogP contribution in [0.4, 0.5) is 0 Å². The van der Waals surface area contributed by atoms with Crippen molar-refractivity contribution in [2.75, 3.05) is 0 Å². The van der Waals surface area contributed by atoms with Crippen molar-refractivity contribution < 1.29 is 4.79 Å². The van der Waals surface area contributed by atoms with Gasteiger partial charge in [0, 0.05) is 18.8 Å². The predicted molar refractivity (Wildman–Crippen MR) is 94.3 cm³/mol. The summed E-state index contributed by atoms with van der Waals surface area (Å²) in [7, 11) is 0. The SMILES string of the molecule is CC(NC(=O)CCc1ccncc1)c1ccc(C(C)(C)C)cc1. The topological polar surface area (TPSA) is 42.0 Å². The van der Waals surface area contributed by atoms with E-state index >= 15 is 0 Å². The third-order valence-electron chi connectivity index (χ3n) is 4.04. The average molecular weight is 310 g/mol. The third-order valence-corrected chi connectivity index (χ3v) is 4.04. The molecule has 1 N–H and O–H groups in total. The van der Waals surface area contributed by atoms with Crippen LogP contribution in [0.5, 0.6) is 0 Å². The van der Waals surface area contributed by atoms with Crippen LogP contribution in [0.15, 0.2) is 48.8 Å². The van der Waals surface area contributed by atoms with E-state index < -0.39 is 0 Å². The maximum absolute atomic E-state index is 12.1. The first-order valence-corrected chi connectivity index (χ1v) is 8.15. The molecule has 1 unspecified atom stereocenters. The van der Waals surface area contributed by atoms with E-state index in [1.807, 2.05) is 19.1 Å². The Morgan fingerprint density at radius 2 is 1.70 bits per heavy atom. The number of aryl methyl sites for hydroxylation is 1. The van der Waals surface area contributed by atoms with Gasteiger partial charge in [-0.25, -0.2) is 0 Å². The summed E-state index contributed by atoms with van der Waals surface area (Å²) >= 11 is 0. The third kappa shape index (κ3) is 5.20. The van der Waals surface area contributed by atoms with Crippen LogP contribution in [0.3, 0.4) is 0 Å². The van der Waals surface area contributed by atoms with E-state index in [0.717, 1.165) is 17.5 Å². The van der Waals surface area contributed by atoms with E-state index in [0.29, 0.717) is 6.42 Å². The van der Waals surface area contributed by atoms with Crippen LogP contribution in [0.2, 0.25) is 0 Å². The van der Waals surface area contributed by atoms with Crippen molar-refractivity contribution in [2.24, 2.45) is 0 Å². The van der Waals surface area contributed by atoms with Gasteiger partial charge in [0.25, 0.3) is 0 Å². The van der Waals surface area contributed by atoms with Crippen LogP contribution in [0, 0.1) is 0 Å². The molecule has 0 aliphatic carbocycles. The fourth-order valence-corrected chi connectivity index (χ4v) is 2.48. The Labute approximate surface area is 139 Å². The summed E-state index contributed by atoms with van der Waals surface area (Å²) in [5.74, 6) is 0.0780. The molecule has 0 aliphatic rings. The summed E-state index contributed by atoms with van der Waals surface area (Å²) in [5.41, 5.74) is 3.72. The zero-order chi connectivity index (χ0) is 16.9. The number of nitrogens with one attached hydrogen (secondary N) is 1. The lowest BCUT2D eigenvalue weighted by Gasteiger charge is -2.20. The number of hydrogen-bond donors (Lipinski definition) is 1. The van der Waals surface area contributed by atoms with Crippen LogP contribution in [-0.4, -0.2) is 10.9 Å². The second kappa shape index (κ2) is 7.40. The van der Waals surface area contributed by atoms with Gasteiger partial charge >= 0.3 is 0 Å². The van der Waals surface area contributed by atoms with Gasteiger partial charge in [-0.3, -0.25) is 9.78 Å². The van der Waals surface area contributed by atoms with Crippen LogP contribution in [0.25, 0.3) is 0 Å². The summed E-state index contributed by atoms with van der Waals surface area (Å²) in [6.45, 7) is 8.63.